The van der Waals surface area contributed by atoms with Gasteiger partial charge in [0.25, 0.3) is 0 Å². The lowest BCUT2D eigenvalue weighted by molar-refractivity contribution is 0.0236. The van der Waals surface area contributed by atoms with E-state index in [4.69, 9.17) is 18.9 Å². The highest BCUT2D eigenvalue weighted by molar-refractivity contribution is 5.95. The van der Waals surface area contributed by atoms with Crippen LogP contribution in [0.1, 0.15) is 34.6 Å². The molecule has 3 rings (SSSR count). The first kappa shape index (κ1) is 29.4. The number of benzene rings is 2. The summed E-state index contributed by atoms with van der Waals surface area (Å²) in [4.78, 5) is 27.4. The largest absolute Gasteiger partial charge is 0.493 e. The molecule has 0 spiro atoms. The molecular weight excluding hydrogens is 492 g/mol. The van der Waals surface area contributed by atoms with E-state index in [0.29, 0.717) is 47.2 Å². The van der Waals surface area contributed by atoms with Crippen molar-refractivity contribution in [3.63, 3.8) is 0 Å². The molecule has 1 saturated heterocycles. The average Bonchev–Trinajstić information content (AvgIpc) is 2.91. The van der Waals surface area contributed by atoms with Crippen LogP contribution in [0.4, 0.5) is 0 Å². The van der Waals surface area contributed by atoms with Gasteiger partial charge in [-0.05, 0) is 50.2 Å². The third-order valence-corrected chi connectivity index (χ3v) is 6.41. The number of ether oxygens (including phenoxy) is 4. The Balaban J connectivity index is 1.38. The smallest absolute Gasteiger partial charge is 0.161 e. The second kappa shape index (κ2) is 14.1. The molecule has 10 heteroatoms. The molecule has 10 nitrogen and oxygen atoms in total. The summed E-state index contributed by atoms with van der Waals surface area (Å²) in [6.07, 6.45) is -1.38. The van der Waals surface area contributed by atoms with Gasteiger partial charge in [0, 0.05) is 50.4 Å². The maximum Gasteiger partial charge on any atom is 0.161 e. The number of aliphatic hydroxyl groups is 2. The lowest BCUT2D eigenvalue weighted by atomic mass is 10.1. The molecule has 1 aliphatic rings. The summed E-state index contributed by atoms with van der Waals surface area (Å²) in [5, 5.41) is 21.0. The highest BCUT2D eigenvalue weighted by atomic mass is 16.5. The zero-order valence-electron chi connectivity index (χ0n) is 22.5. The first-order chi connectivity index (χ1) is 18.2. The molecule has 1 heterocycles. The topological polar surface area (TPSA) is 118 Å². The molecule has 38 heavy (non-hydrogen) atoms. The van der Waals surface area contributed by atoms with Gasteiger partial charge in [0.15, 0.2) is 34.6 Å². The molecule has 2 aromatic carbocycles. The fourth-order valence-electron chi connectivity index (χ4n) is 4.24. The first-order valence-corrected chi connectivity index (χ1v) is 12.6. The van der Waals surface area contributed by atoms with Crippen LogP contribution >= 0.6 is 0 Å². The quantitative estimate of drug-likeness (QED) is 0.351. The predicted molar refractivity (Wildman–Crippen MR) is 142 cm³/mol. The van der Waals surface area contributed by atoms with Crippen molar-refractivity contribution in [2.75, 3.05) is 66.7 Å². The van der Waals surface area contributed by atoms with Crippen molar-refractivity contribution in [1.82, 2.24) is 9.80 Å². The number of carbonyl (C=O) groups excluding carboxylic acids is 2. The number of hydrogen-bond acceptors (Lipinski definition) is 10. The van der Waals surface area contributed by atoms with Crippen LogP contribution in [0.3, 0.4) is 0 Å². The van der Waals surface area contributed by atoms with Gasteiger partial charge in [-0.15, -0.1) is 0 Å². The van der Waals surface area contributed by atoms with Crippen molar-refractivity contribution >= 4 is 11.6 Å². The summed E-state index contributed by atoms with van der Waals surface area (Å²) >= 11 is 0. The zero-order valence-corrected chi connectivity index (χ0v) is 22.5. The maximum absolute atomic E-state index is 11.6. The van der Waals surface area contributed by atoms with Crippen molar-refractivity contribution in [1.29, 1.82) is 0 Å². The third kappa shape index (κ3) is 8.42. The predicted octanol–water partition coefficient (Wildman–Crippen LogP) is 1.91. The summed E-state index contributed by atoms with van der Waals surface area (Å²) in [5.41, 5.74) is 1.07. The fourth-order valence-corrected chi connectivity index (χ4v) is 4.24. The number of rotatable bonds is 14. The van der Waals surface area contributed by atoms with Crippen molar-refractivity contribution in [2.45, 2.75) is 26.1 Å². The van der Waals surface area contributed by atoms with E-state index in [-0.39, 0.29) is 24.8 Å². The Morgan fingerprint density at radius 1 is 0.711 bits per heavy atom. The summed E-state index contributed by atoms with van der Waals surface area (Å²) in [5.74, 6) is 1.74. The summed E-state index contributed by atoms with van der Waals surface area (Å²) in [6, 6.07) is 9.95. The summed E-state index contributed by atoms with van der Waals surface area (Å²) in [6.45, 7) is 7.11. The molecule has 2 aromatic rings. The molecule has 1 fully saturated rings. The number of Topliss-reactive ketones (excluding diaryl/α,β-unsaturated/α-hetero) is 2. The highest BCUT2D eigenvalue weighted by Crippen LogP contribution is 2.29. The Hall–Kier alpha value is -3.18. The van der Waals surface area contributed by atoms with Gasteiger partial charge in [-0.1, -0.05) is 0 Å². The minimum atomic E-state index is -0.692. The lowest BCUT2D eigenvalue weighted by Crippen LogP contribution is -2.51. The Morgan fingerprint density at radius 3 is 1.39 bits per heavy atom. The monoisotopic (exact) mass is 530 g/mol. The normalized spacial score (nSPS) is 15.9. The zero-order chi connectivity index (χ0) is 27.7. The van der Waals surface area contributed by atoms with Gasteiger partial charge in [0.1, 0.15) is 25.4 Å². The van der Waals surface area contributed by atoms with Crippen LogP contribution < -0.4 is 18.9 Å². The van der Waals surface area contributed by atoms with Crippen LogP contribution in [0.5, 0.6) is 23.0 Å². The number of methoxy groups -OCH3 is 2. The fraction of sp³-hybridized carbons (Fsp3) is 0.500. The molecule has 0 radical (unpaired) electrons. The van der Waals surface area contributed by atoms with E-state index in [9.17, 15) is 19.8 Å². The van der Waals surface area contributed by atoms with E-state index >= 15 is 0 Å². The number of carbonyl (C=O) groups is 2. The van der Waals surface area contributed by atoms with Crippen LogP contribution in [0.15, 0.2) is 36.4 Å². The lowest BCUT2D eigenvalue weighted by Gasteiger charge is -2.36. The minimum absolute atomic E-state index is 0.0604. The average molecular weight is 531 g/mol. The van der Waals surface area contributed by atoms with Gasteiger partial charge < -0.3 is 29.2 Å². The van der Waals surface area contributed by atoms with E-state index in [1.807, 2.05) is 0 Å². The van der Waals surface area contributed by atoms with Gasteiger partial charge in [0.05, 0.1) is 14.2 Å². The van der Waals surface area contributed by atoms with Crippen molar-refractivity contribution < 1.29 is 38.7 Å². The number of piperazine rings is 1. The first-order valence-electron chi connectivity index (χ1n) is 12.6. The van der Waals surface area contributed by atoms with Crippen molar-refractivity contribution in [3.8, 4) is 23.0 Å². The van der Waals surface area contributed by atoms with Crippen LogP contribution in [-0.2, 0) is 0 Å². The Labute approximate surface area is 223 Å². The van der Waals surface area contributed by atoms with E-state index in [1.165, 1.54) is 28.1 Å². The second-order valence-corrected chi connectivity index (χ2v) is 9.37. The number of nitrogens with zero attached hydrogens (tertiary/aromatic N) is 2. The molecule has 0 bridgehead atoms. The standard InChI is InChI=1S/C28H38N2O8/c1-19(31)21-5-7-25(27(13-21)35-3)37-17-23(33)15-29-9-11-30(12-10-29)16-24(34)18-38-26-8-6-22(20(2)32)14-28(26)36-4/h5-8,13-14,23-24,33-34H,9-12,15-18H2,1-4H3/t23-,24-/m0/s1. The second-order valence-electron chi connectivity index (χ2n) is 9.37. The molecule has 0 saturated carbocycles. The summed E-state index contributed by atoms with van der Waals surface area (Å²) < 4.78 is 22.1. The third-order valence-electron chi connectivity index (χ3n) is 6.41. The molecule has 2 N–H and O–H groups in total. The number of ketones is 2. The van der Waals surface area contributed by atoms with E-state index in [1.54, 1.807) is 36.4 Å². The van der Waals surface area contributed by atoms with E-state index in [0.717, 1.165) is 26.2 Å². The van der Waals surface area contributed by atoms with Gasteiger partial charge in [-0.2, -0.15) is 0 Å². The van der Waals surface area contributed by atoms with Crippen LogP contribution in [0.25, 0.3) is 0 Å². The van der Waals surface area contributed by atoms with E-state index in [2.05, 4.69) is 9.80 Å². The summed E-state index contributed by atoms with van der Waals surface area (Å²) in [7, 11) is 3.02. The van der Waals surface area contributed by atoms with E-state index < -0.39 is 12.2 Å². The SMILES string of the molecule is COc1cc(C(C)=O)ccc1OC[C@@H](O)CN1CCN(C[C@H](O)COc2ccc(C(C)=O)cc2OC)CC1. The van der Waals surface area contributed by atoms with Crippen LogP contribution in [0.2, 0.25) is 0 Å². The molecule has 1 aliphatic heterocycles. The molecule has 0 unspecified atom stereocenters. The van der Waals surface area contributed by atoms with Crippen molar-refractivity contribution in [3.05, 3.63) is 47.5 Å². The number of β-amino-alcohol motifs (C(OH)–C–C–N with tert-alkyl or cyclic N) is 2. The molecule has 0 amide bonds. The molecule has 2 atom stereocenters. The molecule has 0 aliphatic carbocycles. The van der Waals surface area contributed by atoms with Crippen molar-refractivity contribution in [2.24, 2.45) is 0 Å². The molecule has 208 valence electrons. The Kier molecular flexibility index (Phi) is 10.9. The Morgan fingerprint density at radius 2 is 1.08 bits per heavy atom. The van der Waals surface area contributed by atoms with Gasteiger partial charge in [0.2, 0.25) is 0 Å². The number of aliphatic hydroxyl groups excluding tert-OH is 2. The van der Waals surface area contributed by atoms with Gasteiger partial charge >= 0.3 is 0 Å². The maximum atomic E-state index is 11.6. The Bertz CT molecular complexity index is 999. The van der Waals surface area contributed by atoms with Gasteiger partial charge in [-0.3, -0.25) is 19.4 Å². The highest BCUT2D eigenvalue weighted by Gasteiger charge is 2.22. The van der Waals surface area contributed by atoms with Gasteiger partial charge in [-0.25, -0.2) is 0 Å². The minimum Gasteiger partial charge on any atom is -0.493 e. The molecular formula is C28H38N2O8. The van der Waals surface area contributed by atoms with Crippen LogP contribution in [-0.4, -0.2) is 110 Å². The number of hydrogen-bond donors (Lipinski definition) is 2. The van der Waals surface area contributed by atoms with Crippen LogP contribution in [0, 0.1) is 0 Å². The molecule has 0 aromatic heterocycles.